The van der Waals surface area contributed by atoms with Crippen LogP contribution in [0.25, 0.3) is 28.3 Å². The fourth-order valence-corrected chi connectivity index (χ4v) is 2.79. The van der Waals surface area contributed by atoms with Gasteiger partial charge in [-0.2, -0.15) is 0 Å². The van der Waals surface area contributed by atoms with Gasteiger partial charge in [0.2, 0.25) is 0 Å². The molecule has 3 rings (SSSR count). The Balaban J connectivity index is 2.35. The van der Waals surface area contributed by atoms with Crippen LogP contribution in [0.2, 0.25) is 0 Å². The molecule has 0 saturated heterocycles. The van der Waals surface area contributed by atoms with Crippen LogP contribution < -0.4 is 0 Å². The van der Waals surface area contributed by atoms with Crippen molar-refractivity contribution in [2.24, 2.45) is 0 Å². The first-order chi connectivity index (χ1) is 12.1. The van der Waals surface area contributed by atoms with Crippen molar-refractivity contribution >= 4 is 12.0 Å². The first-order valence-corrected chi connectivity index (χ1v) is 7.93. The molecule has 0 amide bonds. The Kier molecular flexibility index (Phi) is 4.75. The highest BCUT2D eigenvalue weighted by atomic mass is 19.1. The molecule has 0 heterocycles. The quantitative estimate of drug-likeness (QED) is 0.627. The van der Waals surface area contributed by atoms with Crippen LogP contribution >= 0.6 is 0 Å². The first kappa shape index (κ1) is 16.7. The van der Waals surface area contributed by atoms with E-state index in [0.29, 0.717) is 5.56 Å². The summed E-state index contributed by atoms with van der Waals surface area (Å²) < 4.78 is 14.6. The van der Waals surface area contributed by atoms with Crippen LogP contribution in [0.15, 0.2) is 78.4 Å². The largest absolute Gasteiger partial charge is 0.478 e. The van der Waals surface area contributed by atoms with Crippen molar-refractivity contribution in [1.29, 1.82) is 0 Å². The van der Waals surface area contributed by atoms with E-state index in [4.69, 9.17) is 0 Å². The minimum Gasteiger partial charge on any atom is -0.478 e. The summed E-state index contributed by atoms with van der Waals surface area (Å²) in [6, 6.07) is 22.2. The summed E-state index contributed by atoms with van der Waals surface area (Å²) >= 11 is 0. The van der Waals surface area contributed by atoms with Crippen molar-refractivity contribution in [2.45, 2.75) is 6.92 Å². The van der Waals surface area contributed by atoms with Crippen molar-refractivity contribution < 1.29 is 14.3 Å². The minimum absolute atomic E-state index is 0.0845. The third-order valence-electron chi connectivity index (χ3n) is 4.04. The average Bonchev–Trinajstić information content (AvgIpc) is 2.64. The second-order valence-corrected chi connectivity index (χ2v) is 5.75. The number of carboxylic acids is 1. The predicted octanol–water partition coefficient (Wildman–Crippen LogP) is 5.65. The van der Waals surface area contributed by atoms with E-state index in [1.807, 2.05) is 60.7 Å². The molecule has 0 spiro atoms. The highest BCUT2D eigenvalue weighted by molar-refractivity contribution is 5.96. The van der Waals surface area contributed by atoms with Crippen LogP contribution in [0.5, 0.6) is 0 Å². The monoisotopic (exact) mass is 332 g/mol. The standard InChI is InChI=1S/C22H17FO2/c1-15(22(24)25)14-19-20(23)13-12-18(16-8-4-2-5-9-16)21(19)17-10-6-3-7-11-17/h2-14H,1H3,(H,24,25). The number of carbonyl (C=O) groups is 1. The maximum absolute atomic E-state index is 14.6. The topological polar surface area (TPSA) is 37.3 Å². The second kappa shape index (κ2) is 7.14. The highest BCUT2D eigenvalue weighted by Gasteiger charge is 2.16. The molecule has 2 nitrogen and oxygen atoms in total. The molecule has 1 N–H and O–H groups in total. The zero-order valence-corrected chi connectivity index (χ0v) is 13.7. The normalized spacial score (nSPS) is 11.4. The summed E-state index contributed by atoms with van der Waals surface area (Å²) in [5.41, 5.74) is 3.70. The van der Waals surface area contributed by atoms with Crippen LogP contribution in [0.1, 0.15) is 12.5 Å². The fourth-order valence-electron chi connectivity index (χ4n) is 2.79. The van der Waals surface area contributed by atoms with Gasteiger partial charge in [-0.25, -0.2) is 9.18 Å². The Morgan fingerprint density at radius 3 is 2.00 bits per heavy atom. The van der Waals surface area contributed by atoms with Crippen LogP contribution in [0, 0.1) is 5.82 Å². The summed E-state index contributed by atoms with van der Waals surface area (Å²) in [6.45, 7) is 1.46. The molecule has 3 heteroatoms. The second-order valence-electron chi connectivity index (χ2n) is 5.75. The Labute approximate surface area is 145 Å². The van der Waals surface area contributed by atoms with E-state index in [1.165, 1.54) is 19.1 Å². The maximum atomic E-state index is 14.6. The van der Waals surface area contributed by atoms with E-state index >= 15 is 0 Å². The Morgan fingerprint density at radius 2 is 1.44 bits per heavy atom. The summed E-state index contributed by atoms with van der Waals surface area (Å²) in [5, 5.41) is 9.19. The predicted molar refractivity (Wildman–Crippen MR) is 98.6 cm³/mol. The van der Waals surface area contributed by atoms with Gasteiger partial charge in [-0.3, -0.25) is 0 Å². The molecule has 124 valence electrons. The van der Waals surface area contributed by atoms with Gasteiger partial charge in [0.1, 0.15) is 5.82 Å². The Morgan fingerprint density at radius 1 is 0.880 bits per heavy atom. The van der Waals surface area contributed by atoms with Gasteiger partial charge in [-0.1, -0.05) is 66.7 Å². The van der Waals surface area contributed by atoms with Gasteiger partial charge in [-0.15, -0.1) is 0 Å². The molecule has 0 aliphatic rings. The van der Waals surface area contributed by atoms with E-state index in [0.717, 1.165) is 16.7 Å². The molecule has 25 heavy (non-hydrogen) atoms. The molecular weight excluding hydrogens is 315 g/mol. The van der Waals surface area contributed by atoms with Gasteiger partial charge in [0.25, 0.3) is 0 Å². The molecule has 0 fully saturated rings. The third-order valence-corrected chi connectivity index (χ3v) is 4.04. The van der Waals surface area contributed by atoms with Gasteiger partial charge < -0.3 is 5.11 Å². The van der Waals surface area contributed by atoms with Gasteiger partial charge in [-0.05, 0) is 41.3 Å². The lowest BCUT2D eigenvalue weighted by Gasteiger charge is -2.15. The third kappa shape index (κ3) is 3.50. The maximum Gasteiger partial charge on any atom is 0.331 e. The van der Waals surface area contributed by atoms with Crippen molar-refractivity contribution in [3.8, 4) is 22.3 Å². The van der Waals surface area contributed by atoms with E-state index in [2.05, 4.69) is 0 Å². The van der Waals surface area contributed by atoms with E-state index in [1.54, 1.807) is 6.07 Å². The molecule has 3 aromatic carbocycles. The van der Waals surface area contributed by atoms with Crippen molar-refractivity contribution in [3.05, 3.63) is 89.8 Å². The molecule has 0 radical (unpaired) electrons. The van der Waals surface area contributed by atoms with Crippen molar-refractivity contribution in [3.63, 3.8) is 0 Å². The van der Waals surface area contributed by atoms with E-state index in [9.17, 15) is 14.3 Å². The summed E-state index contributed by atoms with van der Waals surface area (Å²) in [6.07, 6.45) is 1.40. The SMILES string of the molecule is CC(=Cc1c(F)ccc(-c2ccccc2)c1-c1ccccc1)C(=O)O. The van der Waals surface area contributed by atoms with Gasteiger partial charge in [0.05, 0.1) is 0 Å². The van der Waals surface area contributed by atoms with Crippen LogP contribution in [0.3, 0.4) is 0 Å². The van der Waals surface area contributed by atoms with E-state index in [-0.39, 0.29) is 11.1 Å². The van der Waals surface area contributed by atoms with Gasteiger partial charge >= 0.3 is 5.97 Å². The minimum atomic E-state index is -1.07. The number of aliphatic carboxylic acids is 1. The Bertz CT molecular complexity index is 929. The number of hydrogen-bond acceptors (Lipinski definition) is 1. The summed E-state index contributed by atoms with van der Waals surface area (Å²) in [5.74, 6) is -1.51. The average molecular weight is 332 g/mol. The first-order valence-electron chi connectivity index (χ1n) is 7.93. The van der Waals surface area contributed by atoms with Crippen LogP contribution in [-0.2, 0) is 4.79 Å². The van der Waals surface area contributed by atoms with Crippen molar-refractivity contribution in [1.82, 2.24) is 0 Å². The lowest BCUT2D eigenvalue weighted by molar-refractivity contribution is -0.132. The van der Waals surface area contributed by atoms with Crippen molar-refractivity contribution in [2.75, 3.05) is 0 Å². The lowest BCUT2D eigenvalue weighted by atomic mass is 9.89. The van der Waals surface area contributed by atoms with Gasteiger partial charge in [0, 0.05) is 11.1 Å². The number of halogens is 1. The molecule has 0 aliphatic heterocycles. The fraction of sp³-hybridized carbons (Fsp3) is 0.0455. The summed E-state index contributed by atoms with van der Waals surface area (Å²) in [4.78, 5) is 11.2. The number of benzene rings is 3. The number of rotatable bonds is 4. The lowest BCUT2D eigenvalue weighted by Crippen LogP contribution is -1.99. The van der Waals surface area contributed by atoms with E-state index < -0.39 is 11.8 Å². The molecule has 0 unspecified atom stereocenters. The van der Waals surface area contributed by atoms with Gasteiger partial charge in [0.15, 0.2) is 0 Å². The number of carboxylic acid groups (broad SMARTS) is 1. The zero-order chi connectivity index (χ0) is 17.8. The molecule has 0 atom stereocenters. The van der Waals surface area contributed by atoms with Crippen LogP contribution in [0.4, 0.5) is 4.39 Å². The molecule has 3 aromatic rings. The molecule has 0 saturated carbocycles. The van der Waals surface area contributed by atoms with Crippen LogP contribution in [-0.4, -0.2) is 11.1 Å². The highest BCUT2D eigenvalue weighted by Crippen LogP contribution is 2.37. The molecule has 0 bridgehead atoms. The molecule has 0 aliphatic carbocycles. The summed E-state index contributed by atoms with van der Waals surface area (Å²) in [7, 11) is 0. The molecular formula is C22H17FO2. The molecule has 0 aromatic heterocycles. The zero-order valence-electron chi connectivity index (χ0n) is 13.7. The smallest absolute Gasteiger partial charge is 0.331 e. The Hall–Kier alpha value is -3.20. The number of hydrogen-bond donors (Lipinski definition) is 1.